The van der Waals surface area contributed by atoms with E-state index >= 15 is 0 Å². The van der Waals surface area contributed by atoms with Crippen LogP contribution in [0.2, 0.25) is 15.1 Å². The van der Waals surface area contributed by atoms with Gasteiger partial charge in [0.05, 0.1) is 21.2 Å². The number of rotatable bonds is 4. The van der Waals surface area contributed by atoms with Crippen molar-refractivity contribution in [1.82, 2.24) is 9.88 Å². The summed E-state index contributed by atoms with van der Waals surface area (Å²) in [6, 6.07) is 20.1. The molecule has 1 amide bonds. The molecule has 0 spiro atoms. The number of amides is 1. The highest BCUT2D eigenvalue weighted by molar-refractivity contribution is 6.42. The number of aliphatic hydroxyl groups is 1. The minimum atomic E-state index is -1.11. The van der Waals surface area contributed by atoms with Crippen molar-refractivity contribution >= 4 is 63.0 Å². The van der Waals surface area contributed by atoms with E-state index < -0.39 is 5.60 Å². The van der Waals surface area contributed by atoms with Crippen LogP contribution in [0.15, 0.2) is 72.9 Å². The average molecular weight is 527 g/mol. The monoisotopic (exact) mass is 525 g/mol. The maximum Gasteiger partial charge on any atom is 0.253 e. The van der Waals surface area contributed by atoms with Crippen molar-refractivity contribution in [3.63, 3.8) is 0 Å². The molecule has 8 heteroatoms. The highest BCUT2D eigenvalue weighted by atomic mass is 35.5. The molecule has 2 heterocycles. The number of halogens is 3. The Balaban J connectivity index is 1.27. The van der Waals surface area contributed by atoms with Crippen LogP contribution in [-0.2, 0) is 5.60 Å². The molecule has 1 saturated heterocycles. The van der Waals surface area contributed by atoms with E-state index in [0.717, 1.165) is 22.3 Å². The third kappa shape index (κ3) is 4.82. The summed E-state index contributed by atoms with van der Waals surface area (Å²) in [5, 5.41) is 16.9. The van der Waals surface area contributed by atoms with Gasteiger partial charge in [-0.25, -0.2) is 0 Å². The van der Waals surface area contributed by atoms with E-state index in [-0.39, 0.29) is 5.91 Å². The van der Waals surface area contributed by atoms with Gasteiger partial charge in [0.2, 0.25) is 0 Å². The van der Waals surface area contributed by atoms with Gasteiger partial charge in [-0.1, -0.05) is 46.9 Å². The van der Waals surface area contributed by atoms with Gasteiger partial charge in [-0.15, -0.1) is 0 Å². The number of fused-ring (bicyclic) bond motifs is 1. The lowest BCUT2D eigenvalue weighted by Crippen LogP contribution is -2.45. The number of hydrogen-bond donors (Lipinski definition) is 2. The third-order valence-electron chi connectivity index (χ3n) is 6.45. The van der Waals surface area contributed by atoms with Crippen molar-refractivity contribution in [1.29, 1.82) is 0 Å². The number of carbonyl (C=O) groups is 1. The Kier molecular flexibility index (Phi) is 6.60. The largest absolute Gasteiger partial charge is 0.385 e. The Morgan fingerprint density at radius 2 is 1.71 bits per heavy atom. The second kappa shape index (κ2) is 9.67. The average Bonchev–Trinajstić information content (AvgIpc) is 2.86. The number of nitrogens with zero attached hydrogens (tertiary/aromatic N) is 2. The Morgan fingerprint density at radius 3 is 2.46 bits per heavy atom. The van der Waals surface area contributed by atoms with Gasteiger partial charge in [0, 0.05) is 52.2 Å². The molecule has 1 aliphatic heterocycles. The first-order chi connectivity index (χ1) is 16.8. The number of hydrogen-bond acceptors (Lipinski definition) is 4. The van der Waals surface area contributed by atoms with Crippen LogP contribution in [0, 0.1) is 0 Å². The quantitative estimate of drug-likeness (QED) is 0.299. The molecule has 0 unspecified atom stereocenters. The van der Waals surface area contributed by atoms with Crippen molar-refractivity contribution in [2.24, 2.45) is 0 Å². The first kappa shape index (κ1) is 23.9. The smallest absolute Gasteiger partial charge is 0.253 e. The molecule has 3 aromatic carbocycles. The van der Waals surface area contributed by atoms with Crippen LogP contribution in [0.5, 0.6) is 0 Å². The maximum atomic E-state index is 13.1. The fraction of sp³-hybridized carbons (Fsp3) is 0.185. The molecular formula is C27H22Cl3N3O2. The summed E-state index contributed by atoms with van der Waals surface area (Å²) in [5.41, 5.74) is 2.66. The maximum absolute atomic E-state index is 13.1. The molecule has 0 bridgehead atoms. The minimum Gasteiger partial charge on any atom is -0.385 e. The fourth-order valence-electron chi connectivity index (χ4n) is 4.48. The number of aromatic nitrogens is 1. The summed E-state index contributed by atoms with van der Waals surface area (Å²) >= 11 is 18.5. The molecule has 4 aromatic rings. The van der Waals surface area contributed by atoms with Crippen LogP contribution < -0.4 is 5.32 Å². The van der Waals surface area contributed by atoms with Crippen LogP contribution >= 0.6 is 34.8 Å². The highest BCUT2D eigenvalue weighted by Gasteiger charge is 2.37. The van der Waals surface area contributed by atoms with Crippen molar-refractivity contribution in [2.75, 3.05) is 18.4 Å². The number of anilines is 2. The Labute approximate surface area is 218 Å². The van der Waals surface area contributed by atoms with Crippen LogP contribution in [0.3, 0.4) is 0 Å². The fourth-order valence-corrected chi connectivity index (χ4v) is 5.12. The zero-order valence-corrected chi connectivity index (χ0v) is 20.9. The Morgan fingerprint density at radius 1 is 0.971 bits per heavy atom. The molecule has 5 rings (SSSR count). The van der Waals surface area contributed by atoms with E-state index in [9.17, 15) is 9.90 Å². The molecule has 1 aliphatic rings. The van der Waals surface area contributed by atoms with E-state index in [0.29, 0.717) is 52.1 Å². The number of carbonyl (C=O) groups excluding carboxylic acids is 1. The molecule has 35 heavy (non-hydrogen) atoms. The zero-order chi connectivity index (χ0) is 24.6. The SMILES string of the molecule is O=C(c1ccc(Nc2ccnc3cc(Cl)ccc23)cc1)N1CCC(O)(c2cccc(Cl)c2Cl)CC1. The van der Waals surface area contributed by atoms with Crippen LogP contribution in [-0.4, -0.2) is 34.0 Å². The molecule has 5 nitrogen and oxygen atoms in total. The number of pyridine rings is 1. The van der Waals surface area contributed by atoms with Gasteiger partial charge in [0.25, 0.3) is 5.91 Å². The lowest BCUT2D eigenvalue weighted by atomic mass is 9.84. The summed E-state index contributed by atoms with van der Waals surface area (Å²) in [4.78, 5) is 19.2. The van der Waals surface area contributed by atoms with Crippen molar-refractivity contribution < 1.29 is 9.90 Å². The molecule has 0 saturated carbocycles. The molecular weight excluding hydrogens is 505 g/mol. The van der Waals surface area contributed by atoms with Crippen molar-refractivity contribution in [3.8, 4) is 0 Å². The summed E-state index contributed by atoms with van der Waals surface area (Å²) in [6.07, 6.45) is 2.50. The second-order valence-electron chi connectivity index (χ2n) is 8.65. The predicted molar refractivity (Wildman–Crippen MR) is 142 cm³/mol. The second-order valence-corrected chi connectivity index (χ2v) is 9.87. The summed E-state index contributed by atoms with van der Waals surface area (Å²) in [7, 11) is 0. The van der Waals surface area contributed by atoms with E-state index in [4.69, 9.17) is 34.8 Å². The normalized spacial score (nSPS) is 15.3. The third-order valence-corrected chi connectivity index (χ3v) is 7.50. The summed E-state index contributed by atoms with van der Waals surface area (Å²) in [5.74, 6) is -0.0696. The van der Waals surface area contributed by atoms with Gasteiger partial charge in [-0.3, -0.25) is 9.78 Å². The zero-order valence-electron chi connectivity index (χ0n) is 18.6. The lowest BCUT2D eigenvalue weighted by Gasteiger charge is -2.39. The number of benzene rings is 3. The van der Waals surface area contributed by atoms with E-state index in [1.54, 1.807) is 41.4 Å². The minimum absolute atomic E-state index is 0.0696. The van der Waals surface area contributed by atoms with Crippen molar-refractivity contribution in [3.05, 3.63) is 99.1 Å². The molecule has 1 aromatic heterocycles. The first-order valence-electron chi connectivity index (χ1n) is 11.2. The number of likely N-dealkylation sites (tertiary alicyclic amines) is 1. The van der Waals surface area contributed by atoms with Crippen LogP contribution in [0.1, 0.15) is 28.8 Å². The molecule has 1 fully saturated rings. The van der Waals surface area contributed by atoms with Gasteiger partial charge in [0.1, 0.15) is 0 Å². The van der Waals surface area contributed by atoms with Crippen LogP contribution in [0.25, 0.3) is 10.9 Å². The first-order valence-corrected chi connectivity index (χ1v) is 12.3. The number of piperidine rings is 1. The Bertz CT molecular complexity index is 1400. The van der Waals surface area contributed by atoms with Crippen LogP contribution in [0.4, 0.5) is 11.4 Å². The van der Waals surface area contributed by atoms with Gasteiger partial charge in [-0.05, 0) is 67.4 Å². The molecule has 0 radical (unpaired) electrons. The standard InChI is InChI=1S/C27H22Cl3N3O2/c28-18-6-9-20-23(10-13-31-24(20)16-18)32-19-7-4-17(5-8-19)26(34)33-14-11-27(35,12-15-33)21-2-1-3-22(29)25(21)30/h1-10,13,16,35H,11-12,14-15H2,(H,31,32). The number of nitrogens with one attached hydrogen (secondary N) is 1. The lowest BCUT2D eigenvalue weighted by molar-refractivity contribution is -0.0210. The summed E-state index contributed by atoms with van der Waals surface area (Å²) in [6.45, 7) is 0.841. The summed E-state index contributed by atoms with van der Waals surface area (Å²) < 4.78 is 0. The van der Waals surface area contributed by atoms with Gasteiger partial charge in [0.15, 0.2) is 0 Å². The molecule has 178 valence electrons. The predicted octanol–water partition coefficient (Wildman–Crippen LogP) is 7.06. The topological polar surface area (TPSA) is 65.5 Å². The van der Waals surface area contributed by atoms with Crippen molar-refractivity contribution in [2.45, 2.75) is 18.4 Å². The van der Waals surface area contributed by atoms with Gasteiger partial charge in [-0.2, -0.15) is 0 Å². The van der Waals surface area contributed by atoms with E-state index in [2.05, 4.69) is 10.3 Å². The molecule has 0 atom stereocenters. The van der Waals surface area contributed by atoms with E-state index in [1.807, 2.05) is 36.4 Å². The van der Waals surface area contributed by atoms with E-state index in [1.165, 1.54) is 0 Å². The molecule has 2 N–H and O–H groups in total. The molecule has 0 aliphatic carbocycles. The Hall–Kier alpha value is -2.83. The van der Waals surface area contributed by atoms with Gasteiger partial charge < -0.3 is 15.3 Å². The highest BCUT2D eigenvalue weighted by Crippen LogP contribution is 2.39. The van der Waals surface area contributed by atoms with Gasteiger partial charge >= 0.3 is 0 Å².